The van der Waals surface area contributed by atoms with E-state index in [0.29, 0.717) is 0 Å². The molecule has 0 unspecified atom stereocenters. The van der Waals surface area contributed by atoms with E-state index in [-0.39, 0.29) is 16.5 Å². The minimum absolute atomic E-state index is 0. The van der Waals surface area contributed by atoms with Gasteiger partial charge >= 0.3 is 0 Å². The summed E-state index contributed by atoms with van der Waals surface area (Å²) in [5.41, 5.74) is 5.71. The Bertz CT molecular complexity index is 1420. The minimum atomic E-state index is 0. The first-order valence-corrected chi connectivity index (χ1v) is 24.5. The number of hydrogen-bond donors (Lipinski definition) is 0. The summed E-state index contributed by atoms with van der Waals surface area (Å²) < 4.78 is 0. The van der Waals surface area contributed by atoms with Crippen molar-refractivity contribution >= 4 is 23.3 Å². The fourth-order valence-corrected chi connectivity index (χ4v) is 7.54. The van der Waals surface area contributed by atoms with Crippen LogP contribution in [0.3, 0.4) is 0 Å². The average molecular weight is 834 g/mol. The van der Waals surface area contributed by atoms with Crippen LogP contribution in [0.5, 0.6) is 0 Å². The maximum Gasteiger partial charge on any atom is 0.0665 e. The van der Waals surface area contributed by atoms with Gasteiger partial charge in [-0.3, -0.25) is 9.98 Å². The topological polar surface area (TPSA) is 24.7 Å². The Balaban J connectivity index is 0.0000168. The van der Waals surface area contributed by atoms with Crippen molar-refractivity contribution in [3.05, 3.63) is 59.7 Å². The molecule has 0 amide bonds. The zero-order valence-electron chi connectivity index (χ0n) is 37.9. The van der Waals surface area contributed by atoms with Crippen LogP contribution in [-0.2, 0) is 29.3 Å². The van der Waals surface area contributed by atoms with Crippen LogP contribution in [0.4, 0.5) is 11.4 Å². The molecule has 0 saturated heterocycles. The third-order valence-electron chi connectivity index (χ3n) is 11.2. The molecule has 0 saturated carbocycles. The van der Waals surface area contributed by atoms with E-state index >= 15 is 0 Å². The molecular weight excluding hydrogens is 747 g/mol. The first kappa shape index (κ1) is 53.4. The predicted octanol–water partition coefficient (Wildman–Crippen LogP) is 17.8. The minimum Gasteiger partial charge on any atom is -0.255 e. The third-order valence-corrected chi connectivity index (χ3v) is 11.2. The summed E-state index contributed by atoms with van der Waals surface area (Å²) in [6, 6.07) is 17.2. The number of unbranched alkanes of at least 4 members (excludes halogenated alkanes) is 26. The van der Waals surface area contributed by atoms with Crippen LogP contribution >= 0.6 is 0 Å². The molecule has 2 nitrogen and oxygen atoms in total. The summed E-state index contributed by atoms with van der Waals surface area (Å²) in [5.74, 6) is 13.8. The molecule has 326 valence electrons. The Morgan fingerprint density at radius 2 is 0.759 bits per heavy atom. The van der Waals surface area contributed by atoms with E-state index in [1.165, 1.54) is 178 Å². The van der Waals surface area contributed by atoms with Gasteiger partial charge in [-0.15, -0.1) is 23.7 Å². The van der Waals surface area contributed by atoms with Crippen molar-refractivity contribution in [2.75, 3.05) is 0 Å². The van der Waals surface area contributed by atoms with Gasteiger partial charge in [-0.05, 0) is 61.8 Å². The van der Waals surface area contributed by atoms with Crippen molar-refractivity contribution in [2.45, 2.75) is 239 Å². The molecule has 58 heavy (non-hydrogen) atoms. The normalized spacial score (nSPS) is 11.3. The SMILES string of the molecule is CCCCCCCCCCCCCCC#CCCc1ccccc1N=CC(CCCCC)=Nc1ccccc1CCC#CCCCCCCCCCCCCCC.[Ni]. The molecule has 0 N–H and O–H groups in total. The molecule has 2 rings (SSSR count). The molecule has 0 aliphatic rings. The Kier molecular flexibility index (Phi) is 37.9. The number of hydrogen-bond acceptors (Lipinski definition) is 2. The van der Waals surface area contributed by atoms with E-state index in [1.54, 1.807) is 0 Å². The zero-order chi connectivity index (χ0) is 40.5. The van der Waals surface area contributed by atoms with Crippen molar-refractivity contribution in [3.63, 3.8) is 0 Å². The van der Waals surface area contributed by atoms with Crippen molar-refractivity contribution < 1.29 is 16.5 Å². The van der Waals surface area contributed by atoms with Crippen LogP contribution in [0.25, 0.3) is 0 Å². The monoisotopic (exact) mass is 833 g/mol. The van der Waals surface area contributed by atoms with Crippen molar-refractivity contribution in [2.24, 2.45) is 9.98 Å². The molecule has 0 fully saturated rings. The predicted molar refractivity (Wildman–Crippen MR) is 256 cm³/mol. The molecule has 0 atom stereocenters. The Labute approximate surface area is 370 Å². The number of aryl methyl sites for hydroxylation is 2. The summed E-state index contributed by atoms with van der Waals surface area (Å²) in [7, 11) is 0. The molecule has 3 heteroatoms. The fourth-order valence-electron chi connectivity index (χ4n) is 7.54. The van der Waals surface area contributed by atoms with Gasteiger partial charge in [0.2, 0.25) is 0 Å². The molecule has 0 bridgehead atoms. The van der Waals surface area contributed by atoms with Crippen LogP contribution in [0.2, 0.25) is 0 Å². The van der Waals surface area contributed by atoms with Crippen LogP contribution in [0.15, 0.2) is 58.5 Å². The third kappa shape index (κ3) is 30.4. The summed E-state index contributed by atoms with van der Waals surface area (Å²) in [5, 5.41) is 0. The molecule has 0 aliphatic heterocycles. The largest absolute Gasteiger partial charge is 0.255 e. The van der Waals surface area contributed by atoms with Gasteiger partial charge in [0.25, 0.3) is 0 Å². The van der Waals surface area contributed by atoms with E-state index in [9.17, 15) is 0 Å². The molecule has 2 aromatic rings. The van der Waals surface area contributed by atoms with Gasteiger partial charge in [0.15, 0.2) is 0 Å². The van der Waals surface area contributed by atoms with E-state index < -0.39 is 0 Å². The maximum absolute atomic E-state index is 5.21. The number of benzene rings is 2. The fraction of sp³-hybridized carbons (Fsp3) is 0.673. The maximum atomic E-state index is 5.21. The van der Waals surface area contributed by atoms with Gasteiger partial charge < -0.3 is 0 Å². The van der Waals surface area contributed by atoms with Crippen molar-refractivity contribution in [3.8, 4) is 23.7 Å². The van der Waals surface area contributed by atoms with E-state index in [1.807, 2.05) is 6.21 Å². The van der Waals surface area contributed by atoms with Gasteiger partial charge in [0, 0.05) is 48.4 Å². The van der Waals surface area contributed by atoms with Crippen molar-refractivity contribution in [1.29, 1.82) is 0 Å². The second kappa shape index (κ2) is 41.1. The van der Waals surface area contributed by atoms with E-state index in [4.69, 9.17) is 9.98 Å². The summed E-state index contributed by atoms with van der Waals surface area (Å²) in [6.45, 7) is 6.85. The molecule has 0 radical (unpaired) electrons. The average Bonchev–Trinajstić information content (AvgIpc) is 3.23. The number of rotatable bonds is 35. The second-order valence-corrected chi connectivity index (χ2v) is 16.6. The van der Waals surface area contributed by atoms with Gasteiger partial charge in [-0.25, -0.2) is 0 Å². The van der Waals surface area contributed by atoms with Crippen LogP contribution in [0.1, 0.15) is 237 Å². The van der Waals surface area contributed by atoms with E-state index in [0.717, 1.165) is 68.5 Å². The Morgan fingerprint density at radius 1 is 0.414 bits per heavy atom. The van der Waals surface area contributed by atoms with Crippen LogP contribution in [0, 0.1) is 23.7 Å². The van der Waals surface area contributed by atoms with Crippen LogP contribution in [-0.4, -0.2) is 11.9 Å². The van der Waals surface area contributed by atoms with Gasteiger partial charge in [0.05, 0.1) is 17.1 Å². The van der Waals surface area contributed by atoms with Crippen molar-refractivity contribution in [1.82, 2.24) is 0 Å². The molecule has 0 heterocycles. The van der Waals surface area contributed by atoms with Gasteiger partial charge in [-0.2, -0.15) is 0 Å². The Hall–Kier alpha value is -2.61. The standard InChI is InChI=1S/C55H86N2.Ni/c1-4-7-10-12-14-16-18-20-22-24-26-28-30-32-34-37-43-51-45-39-41-48-54(51)56-50-53(47-36-9-6-3)57-55-49-42-40-46-52(55)44-38-35-33-31-29-27-25-23-21-19-17-15-13-11-8-5-2;/h39-42,45-46,48-50H,4-31,36-38,43-44,47H2,1-3H3;. The molecule has 2 aromatic carbocycles. The molecule has 0 aliphatic carbocycles. The van der Waals surface area contributed by atoms with E-state index in [2.05, 4.69) is 93.0 Å². The first-order valence-electron chi connectivity index (χ1n) is 24.5. The number of para-hydroxylation sites is 2. The summed E-state index contributed by atoms with van der Waals surface area (Å²) in [4.78, 5) is 10.2. The molecular formula is C55H86N2Ni. The number of aliphatic imine (C=N–C) groups is 2. The van der Waals surface area contributed by atoms with Crippen LogP contribution < -0.4 is 0 Å². The zero-order valence-corrected chi connectivity index (χ0v) is 38.9. The molecule has 0 aromatic heterocycles. The summed E-state index contributed by atoms with van der Waals surface area (Å²) in [6.07, 6.45) is 45.5. The second-order valence-electron chi connectivity index (χ2n) is 16.6. The Morgan fingerprint density at radius 3 is 1.21 bits per heavy atom. The molecule has 0 spiro atoms. The number of nitrogens with zero attached hydrogens (tertiary/aromatic N) is 2. The van der Waals surface area contributed by atoms with Gasteiger partial charge in [0.1, 0.15) is 0 Å². The first-order chi connectivity index (χ1) is 28.3. The smallest absolute Gasteiger partial charge is 0.0665 e. The quantitative estimate of drug-likeness (QED) is 0.0286. The van der Waals surface area contributed by atoms with Gasteiger partial charge in [-0.1, -0.05) is 211 Å². The summed E-state index contributed by atoms with van der Waals surface area (Å²) >= 11 is 0.